The zero-order valence-corrected chi connectivity index (χ0v) is 23.6. The molecular formula is C28H41O5P. The van der Waals surface area contributed by atoms with Gasteiger partial charge in [-0.05, 0) is 73.5 Å². The molecule has 0 saturated carbocycles. The highest BCUT2D eigenvalue weighted by Gasteiger charge is 2.53. The number of carbonyl (C=O) groups excluding carboxylic acids is 2. The molecule has 0 fully saturated rings. The van der Waals surface area contributed by atoms with E-state index in [9.17, 15) is 9.59 Å². The summed E-state index contributed by atoms with van der Waals surface area (Å²) >= 11 is 0. The molecule has 0 spiro atoms. The Bertz CT molecular complexity index is 1070. The van der Waals surface area contributed by atoms with E-state index in [2.05, 4.69) is 0 Å². The molecule has 1 aliphatic heterocycles. The van der Waals surface area contributed by atoms with Crippen LogP contribution in [0.25, 0.3) is 0 Å². The summed E-state index contributed by atoms with van der Waals surface area (Å²) in [4.78, 5) is 27.1. The van der Waals surface area contributed by atoms with Crippen LogP contribution in [-0.4, -0.2) is 30.8 Å². The number of rotatable bonds is 5. The predicted molar refractivity (Wildman–Crippen MR) is 139 cm³/mol. The Morgan fingerprint density at radius 1 is 0.882 bits per heavy atom. The number of hydrogen-bond acceptors (Lipinski definition) is 5. The van der Waals surface area contributed by atoms with Crippen LogP contribution < -0.4 is 5.30 Å². The van der Waals surface area contributed by atoms with E-state index in [0.717, 1.165) is 22.3 Å². The minimum absolute atomic E-state index is 0.123. The minimum Gasteiger partial charge on any atom is -0.465 e. The SMILES string of the molecule is CCOC(=O)C1=C(C(C)(C)C)C(C(C)(C)C)=CP(=O)(c2c(C)cc(C)cc2C)[C@@H]1C(=O)OCC. The van der Waals surface area contributed by atoms with Crippen molar-refractivity contribution in [2.75, 3.05) is 13.2 Å². The number of benzene rings is 1. The first-order valence-electron chi connectivity index (χ1n) is 12.0. The maximum Gasteiger partial charge on any atom is 0.335 e. The first-order valence-corrected chi connectivity index (χ1v) is 13.8. The van der Waals surface area contributed by atoms with E-state index < -0.39 is 35.6 Å². The molecule has 0 bridgehead atoms. The smallest absolute Gasteiger partial charge is 0.335 e. The van der Waals surface area contributed by atoms with Crippen molar-refractivity contribution < 1.29 is 23.6 Å². The molecule has 1 aromatic carbocycles. The number of hydrogen-bond donors (Lipinski definition) is 0. The van der Waals surface area contributed by atoms with Crippen molar-refractivity contribution in [3.8, 4) is 0 Å². The van der Waals surface area contributed by atoms with Crippen molar-refractivity contribution in [1.82, 2.24) is 0 Å². The lowest BCUT2D eigenvalue weighted by atomic mass is 9.70. The molecule has 5 nitrogen and oxygen atoms in total. The van der Waals surface area contributed by atoms with Gasteiger partial charge in [-0.15, -0.1) is 0 Å². The van der Waals surface area contributed by atoms with Crippen LogP contribution in [0.4, 0.5) is 0 Å². The number of esters is 2. The van der Waals surface area contributed by atoms with Gasteiger partial charge in [0.15, 0.2) is 7.14 Å². The highest BCUT2D eigenvalue weighted by Crippen LogP contribution is 2.63. The van der Waals surface area contributed by atoms with E-state index in [-0.39, 0.29) is 18.8 Å². The van der Waals surface area contributed by atoms with Gasteiger partial charge in [-0.3, -0.25) is 4.79 Å². The Morgan fingerprint density at radius 3 is 1.79 bits per heavy atom. The van der Waals surface area contributed by atoms with Crippen molar-refractivity contribution >= 4 is 24.4 Å². The molecular weight excluding hydrogens is 447 g/mol. The Labute approximate surface area is 205 Å². The molecule has 0 saturated heterocycles. The summed E-state index contributed by atoms with van der Waals surface area (Å²) in [6.45, 7) is 21.6. The van der Waals surface area contributed by atoms with Crippen LogP contribution in [0.1, 0.15) is 72.1 Å². The van der Waals surface area contributed by atoms with Crippen molar-refractivity contribution in [2.45, 2.75) is 81.8 Å². The van der Waals surface area contributed by atoms with Gasteiger partial charge in [-0.2, -0.15) is 0 Å². The number of aryl methyl sites for hydroxylation is 3. The molecule has 188 valence electrons. The Balaban J connectivity index is 3.15. The maximum absolute atomic E-state index is 15.3. The van der Waals surface area contributed by atoms with E-state index >= 15 is 4.57 Å². The van der Waals surface area contributed by atoms with Gasteiger partial charge >= 0.3 is 11.9 Å². The Morgan fingerprint density at radius 2 is 1.38 bits per heavy atom. The maximum atomic E-state index is 15.3. The summed E-state index contributed by atoms with van der Waals surface area (Å²) in [6.07, 6.45) is 0. The summed E-state index contributed by atoms with van der Waals surface area (Å²) < 4.78 is 26.2. The van der Waals surface area contributed by atoms with Gasteiger partial charge < -0.3 is 14.0 Å². The molecule has 34 heavy (non-hydrogen) atoms. The summed E-state index contributed by atoms with van der Waals surface area (Å²) in [7, 11) is -3.65. The van der Waals surface area contributed by atoms with Gasteiger partial charge in [-0.1, -0.05) is 59.2 Å². The van der Waals surface area contributed by atoms with Crippen molar-refractivity contribution in [3.05, 3.63) is 51.4 Å². The topological polar surface area (TPSA) is 69.7 Å². The Kier molecular flexibility index (Phi) is 8.15. The standard InChI is InChI=1S/C28H41O5P/c1-12-32-25(29)21-22(28(9,10)11)20(27(6,7)8)16-34(31,24(21)26(30)33-13-2)23-18(4)14-17(3)15-19(23)5/h14-16,24H,12-13H2,1-11H3/t24-,34?/m0/s1. The number of ether oxygens (including phenoxy) is 2. The van der Waals surface area contributed by atoms with Crippen molar-refractivity contribution in [2.24, 2.45) is 10.8 Å². The molecule has 2 atom stereocenters. The van der Waals surface area contributed by atoms with Crippen LogP contribution in [0.15, 0.2) is 34.7 Å². The predicted octanol–water partition coefficient (Wildman–Crippen LogP) is 6.38. The van der Waals surface area contributed by atoms with Crippen LogP contribution in [0, 0.1) is 31.6 Å². The fraction of sp³-hybridized carbons (Fsp3) is 0.571. The third kappa shape index (κ3) is 5.25. The van der Waals surface area contributed by atoms with E-state index in [1.54, 1.807) is 19.7 Å². The molecule has 0 aliphatic carbocycles. The first-order chi connectivity index (χ1) is 15.5. The van der Waals surface area contributed by atoms with E-state index in [4.69, 9.17) is 9.47 Å². The van der Waals surface area contributed by atoms with Crippen molar-refractivity contribution in [1.29, 1.82) is 0 Å². The van der Waals surface area contributed by atoms with Gasteiger partial charge in [0.25, 0.3) is 0 Å². The highest BCUT2D eigenvalue weighted by molar-refractivity contribution is 7.76. The lowest BCUT2D eigenvalue weighted by Crippen LogP contribution is -2.40. The summed E-state index contributed by atoms with van der Waals surface area (Å²) in [5, 5.41) is 0.618. The number of allylic oxidation sites excluding steroid dienone is 2. The van der Waals surface area contributed by atoms with Crippen molar-refractivity contribution in [3.63, 3.8) is 0 Å². The van der Waals surface area contributed by atoms with Crippen LogP contribution in [0.5, 0.6) is 0 Å². The second kappa shape index (κ2) is 9.85. The molecule has 0 radical (unpaired) electrons. The molecule has 1 heterocycles. The average Bonchev–Trinajstić information content (AvgIpc) is 2.64. The molecule has 1 aromatic rings. The third-order valence-corrected chi connectivity index (χ3v) is 9.35. The molecule has 6 heteroatoms. The number of carbonyl (C=O) groups is 2. The molecule has 1 aliphatic rings. The van der Waals surface area contributed by atoms with Gasteiger partial charge in [0.2, 0.25) is 0 Å². The van der Waals surface area contributed by atoms with E-state index in [1.807, 2.05) is 74.4 Å². The minimum atomic E-state index is -3.65. The van der Waals surface area contributed by atoms with Crippen LogP contribution >= 0.6 is 7.14 Å². The van der Waals surface area contributed by atoms with Crippen LogP contribution in [0.3, 0.4) is 0 Å². The second-order valence-electron chi connectivity index (χ2n) is 11.2. The normalized spacial score (nSPS) is 21.3. The second-order valence-corrected chi connectivity index (χ2v) is 13.8. The average molecular weight is 489 g/mol. The van der Waals surface area contributed by atoms with E-state index in [1.165, 1.54) is 0 Å². The van der Waals surface area contributed by atoms with Gasteiger partial charge in [0.05, 0.1) is 18.8 Å². The largest absolute Gasteiger partial charge is 0.465 e. The fourth-order valence-electron chi connectivity index (χ4n) is 5.02. The quantitative estimate of drug-likeness (QED) is 0.355. The lowest BCUT2D eigenvalue weighted by molar-refractivity contribution is -0.145. The van der Waals surface area contributed by atoms with Gasteiger partial charge in [0.1, 0.15) is 5.66 Å². The Hall–Kier alpha value is -2.13. The highest BCUT2D eigenvalue weighted by atomic mass is 31.2. The molecule has 2 rings (SSSR count). The zero-order valence-electron chi connectivity index (χ0n) is 22.7. The fourth-order valence-corrected chi connectivity index (χ4v) is 8.69. The van der Waals surface area contributed by atoms with Crippen LogP contribution in [-0.2, 0) is 23.6 Å². The monoisotopic (exact) mass is 488 g/mol. The first kappa shape index (κ1) is 28.1. The van der Waals surface area contributed by atoms with Gasteiger partial charge in [-0.25, -0.2) is 4.79 Å². The lowest BCUT2D eigenvalue weighted by Gasteiger charge is -2.42. The molecule has 0 aromatic heterocycles. The summed E-state index contributed by atoms with van der Waals surface area (Å²) in [5.74, 6) is 0.532. The summed E-state index contributed by atoms with van der Waals surface area (Å²) in [6, 6.07) is 3.95. The van der Waals surface area contributed by atoms with E-state index in [0.29, 0.717) is 10.9 Å². The molecule has 0 N–H and O–H groups in total. The molecule has 0 amide bonds. The molecule has 1 unspecified atom stereocenters. The third-order valence-electron chi connectivity index (χ3n) is 6.06. The van der Waals surface area contributed by atoms with Crippen LogP contribution in [0.2, 0.25) is 0 Å². The summed E-state index contributed by atoms with van der Waals surface area (Å²) in [5.41, 5.74) is 2.22. The zero-order chi connectivity index (χ0) is 26.2. The van der Waals surface area contributed by atoms with Gasteiger partial charge in [0, 0.05) is 5.30 Å².